The number of amides is 1. The quantitative estimate of drug-likeness (QED) is 0.652. The van der Waals surface area contributed by atoms with Gasteiger partial charge in [0, 0.05) is 12.7 Å². The number of anilines is 1. The number of nitrogens with zero attached hydrogens (tertiary/aromatic N) is 2. The van der Waals surface area contributed by atoms with Crippen molar-refractivity contribution in [1.82, 2.24) is 9.55 Å². The minimum atomic E-state index is -0.876. The van der Waals surface area contributed by atoms with E-state index in [4.69, 9.17) is 4.74 Å². The van der Waals surface area contributed by atoms with Gasteiger partial charge in [-0.25, -0.2) is 13.8 Å². The molecule has 0 saturated heterocycles. The minimum Gasteiger partial charge on any atom is -0.380 e. The Hall–Kier alpha value is -2.65. The van der Waals surface area contributed by atoms with Gasteiger partial charge in [-0.1, -0.05) is 0 Å². The summed E-state index contributed by atoms with van der Waals surface area (Å²) in [5.41, 5.74) is 0.0686. The maximum atomic E-state index is 13.8. The van der Waals surface area contributed by atoms with Crippen molar-refractivity contribution in [2.75, 3.05) is 18.5 Å². The molecule has 9 heteroatoms. The van der Waals surface area contributed by atoms with E-state index in [1.54, 1.807) is 6.92 Å². The summed E-state index contributed by atoms with van der Waals surface area (Å²) in [6.45, 7) is 4.79. The molecule has 0 fully saturated rings. The summed E-state index contributed by atoms with van der Waals surface area (Å²) in [5.74, 6) is -2.19. The molecule has 0 unspecified atom stereocenters. The van der Waals surface area contributed by atoms with E-state index in [0.717, 1.165) is 23.5 Å². The molecule has 1 amide bonds. The third-order valence-corrected chi connectivity index (χ3v) is 5.18. The number of fused-ring (bicyclic) bond motifs is 1. The third kappa shape index (κ3) is 3.88. The Morgan fingerprint density at radius 2 is 2.15 bits per heavy atom. The smallest absolute Gasteiger partial charge is 0.266 e. The van der Waals surface area contributed by atoms with Crippen LogP contribution in [0.1, 0.15) is 22.2 Å². The third-order valence-electron chi connectivity index (χ3n) is 3.98. The van der Waals surface area contributed by atoms with Crippen LogP contribution in [0.3, 0.4) is 0 Å². The number of nitrogens with one attached hydrogen (secondary N) is 1. The summed E-state index contributed by atoms with van der Waals surface area (Å²) in [7, 11) is 0. The Balaban J connectivity index is 1.93. The first-order valence-electron chi connectivity index (χ1n) is 8.25. The number of carbonyl (C=O) groups excluding carboxylic acids is 1. The van der Waals surface area contributed by atoms with Crippen LogP contribution in [0.25, 0.3) is 10.2 Å². The summed E-state index contributed by atoms with van der Waals surface area (Å²) >= 11 is 1.05. The molecular weight excluding hydrogens is 376 g/mol. The van der Waals surface area contributed by atoms with Crippen molar-refractivity contribution in [1.29, 1.82) is 0 Å². The molecule has 1 N–H and O–H groups in total. The number of carbonyl (C=O) groups is 1. The van der Waals surface area contributed by atoms with Crippen molar-refractivity contribution in [3.8, 4) is 0 Å². The number of halogens is 2. The lowest BCUT2D eigenvalue weighted by Gasteiger charge is -2.06. The number of hydrogen-bond donors (Lipinski definition) is 1. The van der Waals surface area contributed by atoms with Gasteiger partial charge in [-0.05, 0) is 31.5 Å². The normalized spacial score (nSPS) is 11.1. The van der Waals surface area contributed by atoms with Gasteiger partial charge in [-0.3, -0.25) is 14.2 Å². The number of aromatic nitrogens is 2. The van der Waals surface area contributed by atoms with Crippen molar-refractivity contribution in [2.45, 2.75) is 20.4 Å². The highest BCUT2D eigenvalue weighted by atomic mass is 32.1. The van der Waals surface area contributed by atoms with Crippen LogP contribution >= 0.6 is 11.3 Å². The summed E-state index contributed by atoms with van der Waals surface area (Å²) in [5, 5.41) is 2.76. The number of aryl methyl sites for hydroxylation is 1. The summed E-state index contributed by atoms with van der Waals surface area (Å²) in [6.07, 6.45) is 1.42. The highest BCUT2D eigenvalue weighted by Crippen LogP contribution is 2.28. The van der Waals surface area contributed by atoms with Crippen LogP contribution in [0, 0.1) is 18.6 Å². The van der Waals surface area contributed by atoms with E-state index >= 15 is 0 Å². The summed E-state index contributed by atoms with van der Waals surface area (Å²) in [4.78, 5) is 30.1. The molecule has 3 rings (SSSR count). The number of ether oxygens (including phenoxy) is 1. The van der Waals surface area contributed by atoms with Gasteiger partial charge in [0.05, 0.1) is 35.4 Å². The van der Waals surface area contributed by atoms with E-state index in [2.05, 4.69) is 10.3 Å². The molecule has 2 heterocycles. The summed E-state index contributed by atoms with van der Waals surface area (Å²) in [6, 6.07) is 2.88. The second-order valence-electron chi connectivity index (χ2n) is 5.75. The number of benzene rings is 1. The minimum absolute atomic E-state index is 0.139. The molecule has 0 atom stereocenters. The lowest BCUT2D eigenvalue weighted by Crippen LogP contribution is -2.23. The predicted octanol–water partition coefficient (Wildman–Crippen LogP) is 3.33. The topological polar surface area (TPSA) is 73.2 Å². The second-order valence-corrected chi connectivity index (χ2v) is 6.75. The molecule has 142 valence electrons. The zero-order chi connectivity index (χ0) is 19.6. The molecule has 2 aromatic heterocycles. The van der Waals surface area contributed by atoms with E-state index in [-0.39, 0.29) is 16.1 Å². The highest BCUT2D eigenvalue weighted by molar-refractivity contribution is 7.20. The number of thiophene rings is 1. The Morgan fingerprint density at radius 1 is 1.37 bits per heavy atom. The van der Waals surface area contributed by atoms with Gasteiger partial charge < -0.3 is 10.1 Å². The molecule has 0 aliphatic rings. The van der Waals surface area contributed by atoms with E-state index in [9.17, 15) is 18.4 Å². The Kier molecular flexibility index (Phi) is 5.62. The Morgan fingerprint density at radius 3 is 2.85 bits per heavy atom. The lowest BCUT2D eigenvalue weighted by atomic mass is 10.2. The van der Waals surface area contributed by atoms with Gasteiger partial charge in [-0.2, -0.15) is 0 Å². The maximum Gasteiger partial charge on any atom is 0.266 e. The SMILES string of the molecule is CCOCCn1cnc2sc(C(=O)Nc3ccc(F)cc3F)c(C)c2c1=O. The Bertz CT molecular complexity index is 1060. The molecule has 0 bridgehead atoms. The monoisotopic (exact) mass is 393 g/mol. The first kappa shape index (κ1) is 19.1. The lowest BCUT2D eigenvalue weighted by molar-refractivity contribution is 0.102. The van der Waals surface area contributed by atoms with Crippen LogP contribution in [-0.4, -0.2) is 28.7 Å². The fourth-order valence-electron chi connectivity index (χ4n) is 2.61. The molecule has 0 aliphatic carbocycles. The predicted molar refractivity (Wildman–Crippen MR) is 99.4 cm³/mol. The molecule has 6 nitrogen and oxygen atoms in total. The van der Waals surface area contributed by atoms with E-state index in [1.165, 1.54) is 10.9 Å². The van der Waals surface area contributed by atoms with Crippen LogP contribution in [-0.2, 0) is 11.3 Å². The average Bonchev–Trinajstić information content (AvgIpc) is 2.97. The fourth-order valence-corrected chi connectivity index (χ4v) is 3.65. The zero-order valence-electron chi connectivity index (χ0n) is 14.7. The van der Waals surface area contributed by atoms with Gasteiger partial charge >= 0.3 is 0 Å². The fraction of sp³-hybridized carbons (Fsp3) is 0.278. The van der Waals surface area contributed by atoms with Gasteiger partial charge in [0.2, 0.25) is 0 Å². The van der Waals surface area contributed by atoms with Crippen molar-refractivity contribution in [3.63, 3.8) is 0 Å². The summed E-state index contributed by atoms with van der Waals surface area (Å²) < 4.78 is 33.5. The van der Waals surface area contributed by atoms with Gasteiger partial charge in [0.1, 0.15) is 16.5 Å². The zero-order valence-corrected chi connectivity index (χ0v) is 15.5. The molecule has 27 heavy (non-hydrogen) atoms. The Labute approximate surface area is 157 Å². The standard InChI is InChI=1S/C18H17F2N3O3S/c1-3-26-7-6-23-9-21-17-14(18(23)25)10(2)15(27-17)16(24)22-13-5-4-11(19)8-12(13)20/h4-5,8-9H,3,6-7H2,1-2H3,(H,22,24). The first-order valence-corrected chi connectivity index (χ1v) is 9.06. The van der Waals surface area contributed by atoms with Crippen LogP contribution in [0.4, 0.5) is 14.5 Å². The van der Waals surface area contributed by atoms with E-state index in [1.807, 2.05) is 6.92 Å². The van der Waals surface area contributed by atoms with Crippen molar-refractivity contribution < 1.29 is 18.3 Å². The molecule has 0 spiro atoms. The van der Waals surface area contributed by atoms with Gasteiger partial charge in [0.15, 0.2) is 0 Å². The number of rotatable bonds is 6. The molecule has 0 radical (unpaired) electrons. The van der Waals surface area contributed by atoms with E-state index < -0.39 is 17.5 Å². The number of hydrogen-bond acceptors (Lipinski definition) is 5. The van der Waals surface area contributed by atoms with Crippen molar-refractivity contribution in [2.24, 2.45) is 0 Å². The van der Waals surface area contributed by atoms with Crippen LogP contribution < -0.4 is 10.9 Å². The molecule has 0 saturated carbocycles. The van der Waals surface area contributed by atoms with Crippen molar-refractivity contribution in [3.05, 3.63) is 57.0 Å². The van der Waals surface area contributed by atoms with Gasteiger partial charge in [0.25, 0.3) is 11.5 Å². The van der Waals surface area contributed by atoms with Crippen LogP contribution in [0.5, 0.6) is 0 Å². The highest BCUT2D eigenvalue weighted by Gasteiger charge is 2.20. The second kappa shape index (κ2) is 7.93. The first-order chi connectivity index (χ1) is 12.9. The van der Waals surface area contributed by atoms with Crippen LogP contribution in [0.2, 0.25) is 0 Å². The van der Waals surface area contributed by atoms with Crippen LogP contribution in [0.15, 0.2) is 29.3 Å². The molecule has 3 aromatic rings. The largest absolute Gasteiger partial charge is 0.380 e. The van der Waals surface area contributed by atoms with Crippen molar-refractivity contribution >= 4 is 33.1 Å². The van der Waals surface area contributed by atoms with Gasteiger partial charge in [-0.15, -0.1) is 11.3 Å². The molecule has 0 aliphatic heterocycles. The average molecular weight is 393 g/mol. The molecule has 1 aromatic carbocycles. The van der Waals surface area contributed by atoms with E-state index in [0.29, 0.717) is 41.6 Å². The molecular formula is C18H17F2N3O3S. The maximum absolute atomic E-state index is 13.8.